The van der Waals surface area contributed by atoms with Gasteiger partial charge in [-0.2, -0.15) is 0 Å². The average molecular weight is 298 g/mol. The van der Waals surface area contributed by atoms with Crippen LogP contribution in [0.5, 0.6) is 0 Å². The molecule has 0 aliphatic rings. The van der Waals surface area contributed by atoms with Crippen molar-refractivity contribution in [2.24, 2.45) is 0 Å². The summed E-state index contributed by atoms with van der Waals surface area (Å²) in [6.45, 7) is 2.45. The second-order valence-electron chi connectivity index (χ2n) is 5.00. The smallest absolute Gasteiger partial charge is 0.319 e. The minimum Gasteiger partial charge on any atom is -0.481 e. The Morgan fingerprint density at radius 2 is 1.73 bits per heavy atom. The van der Waals surface area contributed by atoms with E-state index in [1.807, 2.05) is 31.2 Å². The number of aliphatic carboxylic acids is 1. The summed E-state index contributed by atoms with van der Waals surface area (Å²) in [4.78, 5) is 22.4. The van der Waals surface area contributed by atoms with Gasteiger partial charge in [-0.25, -0.2) is 4.79 Å². The Morgan fingerprint density at radius 3 is 2.36 bits per heavy atom. The molecule has 0 spiro atoms. The van der Waals surface area contributed by atoms with Crippen molar-refractivity contribution in [1.29, 1.82) is 0 Å². The number of benzene rings is 2. The molecule has 22 heavy (non-hydrogen) atoms. The molecule has 0 fully saturated rings. The van der Waals surface area contributed by atoms with E-state index < -0.39 is 5.97 Å². The third kappa shape index (κ3) is 4.63. The van der Waals surface area contributed by atoms with E-state index in [0.717, 1.165) is 11.1 Å². The van der Waals surface area contributed by atoms with Crippen molar-refractivity contribution in [1.82, 2.24) is 5.32 Å². The molecule has 0 aliphatic heterocycles. The molecular formula is C17H18N2O3. The predicted octanol–water partition coefficient (Wildman–Crippen LogP) is 2.94. The second-order valence-corrected chi connectivity index (χ2v) is 5.00. The first-order valence-electron chi connectivity index (χ1n) is 6.94. The zero-order chi connectivity index (χ0) is 15.9. The van der Waals surface area contributed by atoms with Crippen LogP contribution >= 0.6 is 0 Å². The summed E-state index contributed by atoms with van der Waals surface area (Å²) in [5.74, 6) is -0.878. The maximum absolute atomic E-state index is 11.8. The molecule has 0 radical (unpaired) electrons. The van der Waals surface area contributed by atoms with Crippen molar-refractivity contribution in [3.8, 4) is 0 Å². The van der Waals surface area contributed by atoms with Gasteiger partial charge in [0, 0.05) is 12.2 Å². The highest BCUT2D eigenvalue weighted by atomic mass is 16.4. The molecule has 0 aromatic heterocycles. The number of rotatable bonds is 5. The van der Waals surface area contributed by atoms with Crippen LogP contribution in [0.1, 0.15) is 16.7 Å². The number of carbonyl (C=O) groups is 2. The van der Waals surface area contributed by atoms with E-state index in [-0.39, 0.29) is 12.5 Å². The molecule has 2 rings (SSSR count). The maximum Gasteiger partial charge on any atom is 0.319 e. The first-order chi connectivity index (χ1) is 10.5. The van der Waals surface area contributed by atoms with E-state index in [1.165, 1.54) is 0 Å². The Morgan fingerprint density at radius 1 is 1.05 bits per heavy atom. The molecular weight excluding hydrogens is 280 g/mol. The van der Waals surface area contributed by atoms with E-state index in [1.54, 1.807) is 24.3 Å². The van der Waals surface area contributed by atoms with Gasteiger partial charge in [0.25, 0.3) is 0 Å². The van der Waals surface area contributed by atoms with Gasteiger partial charge in [0.15, 0.2) is 0 Å². The number of amides is 2. The zero-order valence-electron chi connectivity index (χ0n) is 12.3. The summed E-state index contributed by atoms with van der Waals surface area (Å²) in [6.07, 6.45) is -0.0280. The SMILES string of the molecule is Cc1ccccc1CNC(=O)Nc1ccc(CC(=O)O)cc1. The van der Waals surface area contributed by atoms with Crippen LogP contribution in [0.15, 0.2) is 48.5 Å². The van der Waals surface area contributed by atoms with Crippen molar-refractivity contribution < 1.29 is 14.7 Å². The predicted molar refractivity (Wildman–Crippen MR) is 84.8 cm³/mol. The van der Waals surface area contributed by atoms with Gasteiger partial charge >= 0.3 is 12.0 Å². The Hall–Kier alpha value is -2.82. The Labute approximate surface area is 129 Å². The number of hydrogen-bond donors (Lipinski definition) is 3. The van der Waals surface area contributed by atoms with Gasteiger partial charge in [0.2, 0.25) is 0 Å². The number of aryl methyl sites for hydroxylation is 1. The standard InChI is InChI=1S/C17H18N2O3/c1-12-4-2-3-5-14(12)11-18-17(22)19-15-8-6-13(7-9-15)10-16(20)21/h2-9H,10-11H2,1H3,(H,20,21)(H2,18,19,22). The van der Waals surface area contributed by atoms with Gasteiger partial charge in [0.05, 0.1) is 6.42 Å². The third-order valence-corrected chi connectivity index (χ3v) is 3.27. The minimum absolute atomic E-state index is 0.0280. The van der Waals surface area contributed by atoms with Crippen LogP contribution in [0.25, 0.3) is 0 Å². The number of anilines is 1. The molecule has 0 aliphatic carbocycles. The Bertz CT molecular complexity index is 666. The van der Waals surface area contributed by atoms with Crippen LogP contribution < -0.4 is 10.6 Å². The normalized spacial score (nSPS) is 10.0. The summed E-state index contributed by atoms with van der Waals surface area (Å²) >= 11 is 0. The number of carbonyl (C=O) groups excluding carboxylic acids is 1. The van der Waals surface area contributed by atoms with Crippen molar-refractivity contribution in [2.45, 2.75) is 19.9 Å². The lowest BCUT2D eigenvalue weighted by Gasteiger charge is -2.09. The van der Waals surface area contributed by atoms with E-state index in [0.29, 0.717) is 17.8 Å². The number of urea groups is 1. The summed E-state index contributed by atoms with van der Waals surface area (Å²) in [6, 6.07) is 14.3. The molecule has 5 nitrogen and oxygen atoms in total. The quantitative estimate of drug-likeness (QED) is 0.794. The monoisotopic (exact) mass is 298 g/mol. The van der Waals surface area contributed by atoms with Crippen molar-refractivity contribution >= 4 is 17.7 Å². The number of hydrogen-bond acceptors (Lipinski definition) is 2. The van der Waals surface area contributed by atoms with Crippen LogP contribution in [0.2, 0.25) is 0 Å². The molecule has 2 aromatic carbocycles. The highest BCUT2D eigenvalue weighted by Crippen LogP contribution is 2.10. The second kappa shape index (κ2) is 7.26. The van der Waals surface area contributed by atoms with Gasteiger partial charge in [0.1, 0.15) is 0 Å². The molecule has 114 valence electrons. The molecule has 0 saturated carbocycles. The molecule has 0 bridgehead atoms. The van der Waals surface area contributed by atoms with Crippen LogP contribution in [-0.4, -0.2) is 17.1 Å². The van der Waals surface area contributed by atoms with Gasteiger partial charge in [-0.05, 0) is 35.7 Å². The topological polar surface area (TPSA) is 78.4 Å². The molecule has 0 heterocycles. The fraction of sp³-hybridized carbons (Fsp3) is 0.176. The van der Waals surface area contributed by atoms with E-state index in [9.17, 15) is 9.59 Å². The summed E-state index contributed by atoms with van der Waals surface area (Å²) in [5, 5.41) is 14.2. The Kier molecular flexibility index (Phi) is 5.14. The maximum atomic E-state index is 11.8. The lowest BCUT2D eigenvalue weighted by molar-refractivity contribution is -0.136. The van der Waals surface area contributed by atoms with Crippen molar-refractivity contribution in [2.75, 3.05) is 5.32 Å². The zero-order valence-corrected chi connectivity index (χ0v) is 12.3. The average Bonchev–Trinajstić information content (AvgIpc) is 2.48. The summed E-state index contributed by atoms with van der Waals surface area (Å²) in [5.41, 5.74) is 3.50. The van der Waals surface area contributed by atoms with E-state index in [4.69, 9.17) is 5.11 Å². The summed E-state index contributed by atoms with van der Waals surface area (Å²) in [7, 11) is 0. The van der Waals surface area contributed by atoms with Crippen LogP contribution in [-0.2, 0) is 17.8 Å². The van der Waals surface area contributed by atoms with Gasteiger partial charge in [-0.1, -0.05) is 36.4 Å². The van der Waals surface area contributed by atoms with Crippen molar-refractivity contribution in [3.05, 3.63) is 65.2 Å². The molecule has 0 atom stereocenters. The van der Waals surface area contributed by atoms with E-state index >= 15 is 0 Å². The summed E-state index contributed by atoms with van der Waals surface area (Å²) < 4.78 is 0. The van der Waals surface area contributed by atoms with Crippen LogP contribution in [0.4, 0.5) is 10.5 Å². The van der Waals surface area contributed by atoms with Crippen LogP contribution in [0.3, 0.4) is 0 Å². The molecule has 5 heteroatoms. The fourth-order valence-corrected chi connectivity index (χ4v) is 2.04. The lowest BCUT2D eigenvalue weighted by atomic mass is 10.1. The largest absolute Gasteiger partial charge is 0.481 e. The molecule has 2 amide bonds. The van der Waals surface area contributed by atoms with E-state index in [2.05, 4.69) is 10.6 Å². The third-order valence-electron chi connectivity index (χ3n) is 3.27. The number of carboxylic acid groups (broad SMARTS) is 1. The van der Waals surface area contributed by atoms with Gasteiger partial charge in [-0.3, -0.25) is 4.79 Å². The lowest BCUT2D eigenvalue weighted by Crippen LogP contribution is -2.28. The van der Waals surface area contributed by atoms with Gasteiger partial charge < -0.3 is 15.7 Å². The highest BCUT2D eigenvalue weighted by Gasteiger charge is 2.04. The molecule has 0 unspecified atom stereocenters. The molecule has 2 aromatic rings. The minimum atomic E-state index is -0.878. The molecule has 3 N–H and O–H groups in total. The first kappa shape index (κ1) is 15.6. The number of carboxylic acids is 1. The number of nitrogens with one attached hydrogen (secondary N) is 2. The Balaban J connectivity index is 1.87. The fourth-order valence-electron chi connectivity index (χ4n) is 2.04. The highest BCUT2D eigenvalue weighted by molar-refractivity contribution is 5.89. The first-order valence-corrected chi connectivity index (χ1v) is 6.94. The van der Waals surface area contributed by atoms with Crippen molar-refractivity contribution in [3.63, 3.8) is 0 Å². The van der Waals surface area contributed by atoms with Gasteiger partial charge in [-0.15, -0.1) is 0 Å². The van der Waals surface area contributed by atoms with Crippen LogP contribution in [0, 0.1) is 6.92 Å². The molecule has 0 saturated heterocycles.